The molecule has 0 saturated carbocycles. The van der Waals surface area contributed by atoms with Gasteiger partial charge < -0.3 is 35.9 Å². The molecule has 4 rings (SSSR count). The lowest BCUT2D eigenvalue weighted by Crippen LogP contribution is -2.56. The number of carbonyl (C=O) groups is 2. The second-order valence-corrected chi connectivity index (χ2v) is 7.22. The molecule has 0 bridgehead atoms. The van der Waals surface area contributed by atoms with Crippen molar-refractivity contribution in [1.82, 2.24) is 10.3 Å². The zero-order valence-electron chi connectivity index (χ0n) is 15.9. The van der Waals surface area contributed by atoms with Crippen LogP contribution in [0.25, 0.3) is 10.9 Å². The summed E-state index contributed by atoms with van der Waals surface area (Å²) in [5.41, 5.74) is 7.26. The monoisotopic (exact) mass is 430 g/mol. The fraction of sp³-hybridized carbons (Fsp3) is 0.444. The number of likely N-dealkylation sites (N-methyl/N-ethyl adjacent to an activating group) is 1. The van der Waals surface area contributed by atoms with E-state index in [0.717, 1.165) is 24.2 Å². The predicted octanol–water partition coefficient (Wildman–Crippen LogP) is 0.526. The van der Waals surface area contributed by atoms with Crippen molar-refractivity contribution in [1.29, 1.82) is 0 Å². The Morgan fingerprint density at radius 1 is 1.30 bits per heavy atom. The highest BCUT2D eigenvalue weighted by molar-refractivity contribution is 6.09. The van der Waals surface area contributed by atoms with Crippen molar-refractivity contribution in [2.45, 2.75) is 17.8 Å². The number of carboxylic acids is 1. The Kier molecular flexibility index (Phi) is 5.67. The molecule has 0 aliphatic carbocycles. The molecule has 1 amide bonds. The average molecular weight is 430 g/mol. The Morgan fingerprint density at radius 3 is 2.30 bits per heavy atom. The lowest BCUT2D eigenvalue weighted by atomic mass is 9.98. The van der Waals surface area contributed by atoms with Crippen molar-refractivity contribution >= 4 is 28.5 Å². The number of halogens is 3. The number of aromatic nitrogens is 1. The molecular weight excluding hydrogens is 409 g/mol. The van der Waals surface area contributed by atoms with Crippen LogP contribution in [0.3, 0.4) is 0 Å². The van der Waals surface area contributed by atoms with Crippen molar-refractivity contribution in [2.24, 2.45) is 5.73 Å². The predicted molar refractivity (Wildman–Crippen MR) is 100 cm³/mol. The number of aliphatic hydroxyl groups is 1. The van der Waals surface area contributed by atoms with Gasteiger partial charge in [0.05, 0.1) is 36.0 Å². The summed E-state index contributed by atoms with van der Waals surface area (Å²) in [5, 5.41) is 21.8. The van der Waals surface area contributed by atoms with Crippen molar-refractivity contribution in [3.8, 4) is 0 Å². The molecule has 0 radical (unpaired) electrons. The van der Waals surface area contributed by atoms with Gasteiger partial charge in [-0.1, -0.05) is 0 Å². The number of nitrogens with zero attached hydrogens (tertiary/aromatic N) is 1. The van der Waals surface area contributed by atoms with Gasteiger partial charge in [0.1, 0.15) is 0 Å². The van der Waals surface area contributed by atoms with Crippen LogP contribution in [0.15, 0.2) is 18.2 Å². The number of anilines is 1. The molecule has 2 fully saturated rings. The van der Waals surface area contributed by atoms with Crippen LogP contribution < -0.4 is 16.0 Å². The third kappa shape index (κ3) is 4.06. The van der Waals surface area contributed by atoms with Gasteiger partial charge in [-0.2, -0.15) is 13.2 Å². The number of primary amides is 1. The van der Waals surface area contributed by atoms with E-state index in [2.05, 4.69) is 15.2 Å². The number of ether oxygens (including phenoxy) is 1. The number of nitrogens with one attached hydrogen (secondary N) is 2. The molecule has 30 heavy (non-hydrogen) atoms. The summed E-state index contributed by atoms with van der Waals surface area (Å²) in [6.07, 6.45) is -5.08. The van der Waals surface area contributed by atoms with E-state index < -0.39 is 23.7 Å². The number of rotatable bonds is 4. The minimum atomic E-state index is -5.08. The van der Waals surface area contributed by atoms with E-state index >= 15 is 0 Å². The number of fused-ring (bicyclic) bond motifs is 1. The van der Waals surface area contributed by atoms with Gasteiger partial charge in [-0.05, 0) is 18.2 Å². The molecule has 164 valence electrons. The van der Waals surface area contributed by atoms with Crippen LogP contribution in [0.2, 0.25) is 0 Å². The van der Waals surface area contributed by atoms with E-state index in [1.807, 2.05) is 19.2 Å². The second-order valence-electron chi connectivity index (χ2n) is 7.22. The Labute approximate surface area is 168 Å². The van der Waals surface area contributed by atoms with Gasteiger partial charge in [-0.25, -0.2) is 4.79 Å². The third-order valence-corrected chi connectivity index (χ3v) is 5.15. The van der Waals surface area contributed by atoms with Crippen molar-refractivity contribution in [2.75, 3.05) is 38.3 Å². The highest BCUT2D eigenvalue weighted by Gasteiger charge is 2.40. The molecule has 0 spiro atoms. The molecule has 6 N–H and O–H groups in total. The molecule has 0 unspecified atom stereocenters. The van der Waals surface area contributed by atoms with Crippen molar-refractivity contribution < 1.29 is 37.7 Å². The Balaban J connectivity index is 0.000000318. The standard InChI is InChI=1S/C16H20N4O3.C2HF3O2/c1-20(9-5-18-6-9)12-3-2-10(15(17)21)14-11(12)4-13(19-14)16(22)7-23-8-16;3-2(4,5)1(6)7/h2-4,9,18-19,22H,5-8H2,1H3,(H2,17,21);(H,6,7). The zero-order valence-corrected chi connectivity index (χ0v) is 15.9. The molecule has 2 saturated heterocycles. The smallest absolute Gasteiger partial charge is 0.475 e. The first-order valence-corrected chi connectivity index (χ1v) is 8.94. The number of H-pyrrole nitrogens is 1. The first-order chi connectivity index (χ1) is 13.9. The first kappa shape index (κ1) is 21.9. The van der Waals surface area contributed by atoms with Crippen LogP contribution in [-0.2, 0) is 15.1 Å². The SMILES string of the molecule is CN(c1ccc(C(N)=O)c2[nH]c(C3(O)COC3)cc12)C1CNC1.O=C(O)C(F)(F)F. The average Bonchev–Trinajstić information content (AvgIpc) is 3.01. The Morgan fingerprint density at radius 2 is 1.90 bits per heavy atom. The van der Waals surface area contributed by atoms with Gasteiger partial charge in [-0.15, -0.1) is 0 Å². The van der Waals surface area contributed by atoms with Crippen LogP contribution >= 0.6 is 0 Å². The van der Waals surface area contributed by atoms with Crippen LogP contribution in [0, 0.1) is 0 Å². The van der Waals surface area contributed by atoms with Crippen molar-refractivity contribution in [3.05, 3.63) is 29.5 Å². The molecule has 2 aliphatic rings. The fourth-order valence-electron chi connectivity index (χ4n) is 3.16. The molecule has 1 aromatic heterocycles. The van der Waals surface area contributed by atoms with Gasteiger partial charge in [-0.3, -0.25) is 4.79 Å². The number of hydrogen-bond donors (Lipinski definition) is 5. The van der Waals surface area contributed by atoms with Crippen LogP contribution in [0.4, 0.5) is 18.9 Å². The summed E-state index contributed by atoms with van der Waals surface area (Å²) in [4.78, 5) is 26.0. The highest BCUT2D eigenvalue weighted by atomic mass is 19.4. The molecular formula is C18H21F3N4O5. The van der Waals surface area contributed by atoms with E-state index in [-0.39, 0.29) is 13.2 Å². The molecule has 2 aliphatic heterocycles. The van der Waals surface area contributed by atoms with Gasteiger partial charge in [0.2, 0.25) is 0 Å². The van der Waals surface area contributed by atoms with E-state index in [4.69, 9.17) is 20.4 Å². The summed E-state index contributed by atoms with van der Waals surface area (Å²) in [6.45, 7) is 2.38. The van der Waals surface area contributed by atoms with E-state index in [0.29, 0.717) is 22.8 Å². The normalized spacial score (nSPS) is 18.0. The topological polar surface area (TPSA) is 141 Å². The van der Waals surface area contributed by atoms with Crippen LogP contribution in [0.5, 0.6) is 0 Å². The lowest BCUT2D eigenvalue weighted by Gasteiger charge is -2.37. The summed E-state index contributed by atoms with van der Waals surface area (Å²) < 4.78 is 36.9. The van der Waals surface area contributed by atoms with E-state index in [1.54, 1.807) is 6.07 Å². The minimum Gasteiger partial charge on any atom is -0.475 e. The first-order valence-electron chi connectivity index (χ1n) is 8.94. The molecule has 12 heteroatoms. The summed E-state index contributed by atoms with van der Waals surface area (Å²) in [6, 6.07) is 5.98. The van der Waals surface area contributed by atoms with Gasteiger partial charge in [0.25, 0.3) is 5.91 Å². The second kappa shape index (κ2) is 7.78. The number of hydrogen-bond acceptors (Lipinski definition) is 6. The fourth-order valence-corrected chi connectivity index (χ4v) is 3.16. The van der Waals surface area contributed by atoms with Gasteiger partial charge in [0.15, 0.2) is 5.60 Å². The van der Waals surface area contributed by atoms with Crippen LogP contribution in [-0.4, -0.2) is 72.6 Å². The van der Waals surface area contributed by atoms with E-state index in [1.165, 1.54) is 0 Å². The number of amides is 1. The number of alkyl halides is 3. The Hall–Kier alpha value is -2.83. The maximum atomic E-state index is 11.7. The van der Waals surface area contributed by atoms with Crippen molar-refractivity contribution in [3.63, 3.8) is 0 Å². The number of aromatic amines is 1. The maximum Gasteiger partial charge on any atom is 0.490 e. The van der Waals surface area contributed by atoms with Crippen LogP contribution in [0.1, 0.15) is 16.1 Å². The summed E-state index contributed by atoms with van der Waals surface area (Å²) in [7, 11) is 2.04. The zero-order chi connectivity index (χ0) is 22.3. The molecule has 1 aromatic carbocycles. The molecule has 3 heterocycles. The summed E-state index contributed by atoms with van der Waals surface area (Å²) in [5.74, 6) is -3.24. The minimum absolute atomic E-state index is 0.253. The molecule has 9 nitrogen and oxygen atoms in total. The number of nitrogens with two attached hydrogens (primary N) is 1. The molecule has 0 atom stereocenters. The quantitative estimate of drug-likeness (QED) is 0.476. The van der Waals surface area contributed by atoms with Gasteiger partial charge in [0, 0.05) is 31.2 Å². The molecule has 2 aromatic rings. The van der Waals surface area contributed by atoms with Gasteiger partial charge >= 0.3 is 12.1 Å². The number of benzene rings is 1. The highest BCUT2D eigenvalue weighted by Crippen LogP contribution is 2.36. The third-order valence-electron chi connectivity index (χ3n) is 5.15. The van der Waals surface area contributed by atoms with E-state index in [9.17, 15) is 23.1 Å². The number of carboxylic acid groups (broad SMARTS) is 1. The maximum absolute atomic E-state index is 11.7. The summed E-state index contributed by atoms with van der Waals surface area (Å²) >= 11 is 0. The number of carbonyl (C=O) groups excluding carboxylic acids is 1. The number of aliphatic carboxylic acids is 1. The Bertz CT molecular complexity index is 967. The lowest BCUT2D eigenvalue weighted by molar-refractivity contribution is -0.192. The largest absolute Gasteiger partial charge is 0.490 e.